The first-order valence-electron chi connectivity index (χ1n) is 4.72. The van der Waals surface area contributed by atoms with Gasteiger partial charge in [-0.2, -0.15) is 4.98 Å². The molecule has 0 bridgehead atoms. The third kappa shape index (κ3) is 1.58. The van der Waals surface area contributed by atoms with E-state index in [1.165, 1.54) is 0 Å². The predicted octanol–water partition coefficient (Wildman–Crippen LogP) is 1.02. The molecule has 4 heteroatoms. The summed E-state index contributed by atoms with van der Waals surface area (Å²) in [6.45, 7) is 6.13. The SMILES string of the molecule is Cc1nc(C2(C)CCNCC2)no1. The highest BCUT2D eigenvalue weighted by molar-refractivity contribution is 5.06. The molecule has 0 aliphatic carbocycles. The Balaban J connectivity index is 2.22. The molecule has 0 radical (unpaired) electrons. The van der Waals surface area contributed by atoms with Gasteiger partial charge in [-0.3, -0.25) is 0 Å². The normalized spacial score (nSPS) is 21.7. The zero-order valence-electron chi connectivity index (χ0n) is 8.13. The zero-order valence-corrected chi connectivity index (χ0v) is 8.13. The molecule has 0 atom stereocenters. The van der Waals surface area contributed by atoms with Crippen molar-refractivity contribution in [1.82, 2.24) is 15.5 Å². The predicted molar refractivity (Wildman–Crippen MR) is 48.5 cm³/mol. The third-order valence-electron chi connectivity index (χ3n) is 2.77. The summed E-state index contributed by atoms with van der Waals surface area (Å²) in [6, 6.07) is 0. The lowest BCUT2D eigenvalue weighted by molar-refractivity contribution is 0.300. The standard InChI is InChI=1S/C9H15N3O/c1-7-11-8(12-13-7)9(2)3-5-10-6-4-9/h10H,3-6H2,1-2H3. The van der Waals surface area contributed by atoms with Gasteiger partial charge in [0.1, 0.15) is 0 Å². The average Bonchev–Trinajstić information content (AvgIpc) is 2.54. The van der Waals surface area contributed by atoms with Crippen molar-refractivity contribution in [3.05, 3.63) is 11.7 Å². The lowest BCUT2D eigenvalue weighted by atomic mass is 9.80. The molecule has 0 spiro atoms. The van der Waals surface area contributed by atoms with Crippen molar-refractivity contribution in [2.24, 2.45) is 0 Å². The number of aryl methyl sites for hydroxylation is 1. The topological polar surface area (TPSA) is 51.0 Å². The Morgan fingerprint density at radius 3 is 2.62 bits per heavy atom. The minimum absolute atomic E-state index is 0.114. The second-order valence-electron chi connectivity index (χ2n) is 3.95. The van der Waals surface area contributed by atoms with Crippen LogP contribution in [0.4, 0.5) is 0 Å². The highest BCUT2D eigenvalue weighted by Gasteiger charge is 2.33. The van der Waals surface area contributed by atoms with Crippen molar-refractivity contribution in [3.8, 4) is 0 Å². The van der Waals surface area contributed by atoms with Crippen LogP contribution in [0.2, 0.25) is 0 Å². The summed E-state index contributed by atoms with van der Waals surface area (Å²) in [5.74, 6) is 1.53. The van der Waals surface area contributed by atoms with Crippen LogP contribution in [0.25, 0.3) is 0 Å². The second-order valence-corrected chi connectivity index (χ2v) is 3.95. The number of nitrogens with zero attached hydrogens (tertiary/aromatic N) is 2. The Morgan fingerprint density at radius 1 is 1.38 bits per heavy atom. The molecule has 13 heavy (non-hydrogen) atoms. The fourth-order valence-electron chi connectivity index (χ4n) is 1.75. The van der Waals surface area contributed by atoms with E-state index < -0.39 is 0 Å². The van der Waals surface area contributed by atoms with Crippen LogP contribution in [0, 0.1) is 6.92 Å². The average molecular weight is 181 g/mol. The third-order valence-corrected chi connectivity index (χ3v) is 2.77. The number of hydrogen-bond acceptors (Lipinski definition) is 4. The van der Waals surface area contributed by atoms with E-state index in [4.69, 9.17) is 4.52 Å². The molecule has 0 amide bonds. The monoisotopic (exact) mass is 181 g/mol. The van der Waals surface area contributed by atoms with Gasteiger partial charge in [-0.25, -0.2) is 0 Å². The van der Waals surface area contributed by atoms with E-state index in [2.05, 4.69) is 22.4 Å². The van der Waals surface area contributed by atoms with E-state index in [1.807, 2.05) is 6.92 Å². The fraction of sp³-hybridized carbons (Fsp3) is 0.778. The van der Waals surface area contributed by atoms with Gasteiger partial charge in [0, 0.05) is 12.3 Å². The number of rotatable bonds is 1. The summed E-state index contributed by atoms with van der Waals surface area (Å²) in [4.78, 5) is 4.30. The van der Waals surface area contributed by atoms with Crippen LogP contribution in [0.5, 0.6) is 0 Å². The maximum Gasteiger partial charge on any atom is 0.223 e. The molecule has 1 aliphatic heterocycles. The molecule has 1 aliphatic rings. The van der Waals surface area contributed by atoms with Gasteiger partial charge < -0.3 is 9.84 Å². The van der Waals surface area contributed by atoms with E-state index in [9.17, 15) is 0 Å². The molecule has 1 aromatic rings. The Kier molecular flexibility index (Phi) is 2.07. The molecule has 1 N–H and O–H groups in total. The molecular formula is C9H15N3O. The molecule has 4 nitrogen and oxygen atoms in total. The Hall–Kier alpha value is -0.900. The van der Waals surface area contributed by atoms with Crippen molar-refractivity contribution >= 4 is 0 Å². The highest BCUT2D eigenvalue weighted by Crippen LogP contribution is 2.30. The molecule has 1 aromatic heterocycles. The number of hydrogen-bond donors (Lipinski definition) is 1. The largest absolute Gasteiger partial charge is 0.340 e. The number of aromatic nitrogens is 2. The molecule has 2 rings (SSSR count). The van der Waals surface area contributed by atoms with Crippen LogP contribution < -0.4 is 5.32 Å². The minimum atomic E-state index is 0.114. The van der Waals surface area contributed by atoms with Crippen molar-refractivity contribution in [2.75, 3.05) is 13.1 Å². The Labute approximate surface area is 77.7 Å². The summed E-state index contributed by atoms with van der Waals surface area (Å²) < 4.78 is 5.00. The maximum absolute atomic E-state index is 5.00. The lowest BCUT2D eigenvalue weighted by Gasteiger charge is -2.30. The van der Waals surface area contributed by atoms with E-state index in [0.717, 1.165) is 31.8 Å². The molecular weight excluding hydrogens is 166 g/mol. The van der Waals surface area contributed by atoms with Gasteiger partial charge in [0.25, 0.3) is 0 Å². The van der Waals surface area contributed by atoms with Gasteiger partial charge in [0.15, 0.2) is 5.82 Å². The lowest BCUT2D eigenvalue weighted by Crippen LogP contribution is -2.38. The van der Waals surface area contributed by atoms with Crippen LogP contribution in [-0.2, 0) is 5.41 Å². The Bertz CT molecular complexity index is 289. The van der Waals surface area contributed by atoms with Crippen molar-refractivity contribution in [2.45, 2.75) is 32.1 Å². The summed E-state index contributed by atoms with van der Waals surface area (Å²) in [6.07, 6.45) is 2.18. The van der Waals surface area contributed by atoms with Gasteiger partial charge in [-0.1, -0.05) is 12.1 Å². The summed E-state index contributed by atoms with van der Waals surface area (Å²) >= 11 is 0. The first-order valence-corrected chi connectivity index (χ1v) is 4.72. The van der Waals surface area contributed by atoms with Crippen LogP contribution in [-0.4, -0.2) is 23.2 Å². The van der Waals surface area contributed by atoms with E-state index >= 15 is 0 Å². The molecule has 0 saturated carbocycles. The van der Waals surface area contributed by atoms with Crippen LogP contribution >= 0.6 is 0 Å². The molecule has 0 aromatic carbocycles. The van der Waals surface area contributed by atoms with Crippen LogP contribution in [0.1, 0.15) is 31.5 Å². The molecule has 1 fully saturated rings. The number of piperidine rings is 1. The summed E-state index contributed by atoms with van der Waals surface area (Å²) in [5.41, 5.74) is 0.114. The molecule has 1 saturated heterocycles. The summed E-state index contributed by atoms with van der Waals surface area (Å²) in [7, 11) is 0. The van der Waals surface area contributed by atoms with Crippen molar-refractivity contribution < 1.29 is 4.52 Å². The first kappa shape index (κ1) is 8.69. The van der Waals surface area contributed by atoms with Gasteiger partial charge in [-0.05, 0) is 25.9 Å². The van der Waals surface area contributed by atoms with Crippen molar-refractivity contribution in [1.29, 1.82) is 0 Å². The second kappa shape index (κ2) is 3.10. The smallest absolute Gasteiger partial charge is 0.223 e. The van der Waals surface area contributed by atoms with Gasteiger partial charge in [0.05, 0.1) is 0 Å². The molecule has 72 valence electrons. The van der Waals surface area contributed by atoms with E-state index in [-0.39, 0.29) is 5.41 Å². The first-order chi connectivity index (χ1) is 6.21. The summed E-state index contributed by atoms with van der Waals surface area (Å²) in [5, 5.41) is 7.33. The van der Waals surface area contributed by atoms with E-state index in [1.54, 1.807) is 0 Å². The van der Waals surface area contributed by atoms with Crippen LogP contribution in [0.3, 0.4) is 0 Å². The fourth-order valence-corrected chi connectivity index (χ4v) is 1.75. The zero-order chi connectivity index (χ0) is 9.31. The van der Waals surface area contributed by atoms with Gasteiger partial charge in [0.2, 0.25) is 5.89 Å². The quantitative estimate of drug-likeness (QED) is 0.702. The number of nitrogens with one attached hydrogen (secondary N) is 1. The van der Waals surface area contributed by atoms with E-state index in [0.29, 0.717) is 5.89 Å². The molecule has 2 heterocycles. The van der Waals surface area contributed by atoms with Crippen molar-refractivity contribution in [3.63, 3.8) is 0 Å². The minimum Gasteiger partial charge on any atom is -0.340 e. The van der Waals surface area contributed by atoms with Crippen LogP contribution in [0.15, 0.2) is 4.52 Å². The Morgan fingerprint density at radius 2 is 2.08 bits per heavy atom. The maximum atomic E-state index is 5.00. The highest BCUT2D eigenvalue weighted by atomic mass is 16.5. The van der Waals surface area contributed by atoms with Gasteiger partial charge >= 0.3 is 0 Å². The van der Waals surface area contributed by atoms with Gasteiger partial charge in [-0.15, -0.1) is 0 Å². The molecule has 0 unspecified atom stereocenters.